The average molecular weight is 342 g/mol. The normalized spacial score (nSPS) is 26.8. The highest BCUT2D eigenvalue weighted by atomic mass is 16.6. The molecule has 0 amide bonds. The predicted octanol–water partition coefficient (Wildman–Crippen LogP) is 0.183. The van der Waals surface area contributed by atoms with Crippen LogP contribution in [-0.2, 0) is 14.2 Å². The third-order valence-corrected chi connectivity index (χ3v) is 4.31. The van der Waals surface area contributed by atoms with Crippen LogP contribution in [0.5, 0.6) is 0 Å². The fourth-order valence-corrected chi connectivity index (χ4v) is 3.11. The fraction of sp³-hybridized carbons (Fsp3) is 0.750. The summed E-state index contributed by atoms with van der Waals surface area (Å²) in [4.78, 5) is 26.1. The first-order chi connectivity index (χ1) is 11.5. The van der Waals surface area contributed by atoms with Crippen molar-refractivity contribution in [3.8, 4) is 0 Å². The van der Waals surface area contributed by atoms with E-state index in [0.717, 1.165) is 12.8 Å². The molecule has 2 heterocycles. The van der Waals surface area contributed by atoms with Gasteiger partial charge >= 0.3 is 5.69 Å². The molecule has 1 aromatic heterocycles. The minimum atomic E-state index is -0.696. The number of hydrogen-bond acceptors (Lipinski definition) is 6. The van der Waals surface area contributed by atoms with Gasteiger partial charge in [-0.25, -0.2) is 4.79 Å². The number of nitrogens with zero attached hydrogens (tertiary/aromatic N) is 1. The van der Waals surface area contributed by atoms with Gasteiger partial charge in [0.25, 0.3) is 5.56 Å². The van der Waals surface area contributed by atoms with Crippen LogP contribution in [0.1, 0.15) is 31.6 Å². The van der Waals surface area contributed by atoms with E-state index in [-0.39, 0.29) is 12.5 Å². The minimum absolute atomic E-state index is 0.0407. The van der Waals surface area contributed by atoms with Crippen LogP contribution in [0.15, 0.2) is 15.8 Å². The van der Waals surface area contributed by atoms with Crippen LogP contribution in [0, 0.1) is 12.8 Å². The van der Waals surface area contributed by atoms with E-state index in [4.69, 9.17) is 14.2 Å². The summed E-state index contributed by atoms with van der Waals surface area (Å²) >= 11 is 0. The van der Waals surface area contributed by atoms with Crippen molar-refractivity contribution in [2.75, 3.05) is 26.9 Å². The molecule has 0 aliphatic carbocycles. The first-order valence-electron chi connectivity index (χ1n) is 8.22. The molecular weight excluding hydrogens is 316 g/mol. The number of hydrogen-bond donors (Lipinski definition) is 2. The van der Waals surface area contributed by atoms with Gasteiger partial charge in [-0.3, -0.25) is 14.3 Å². The third kappa shape index (κ3) is 3.94. The molecule has 1 saturated heterocycles. The van der Waals surface area contributed by atoms with Crippen LogP contribution in [-0.4, -0.2) is 53.8 Å². The van der Waals surface area contributed by atoms with Crippen LogP contribution in [0.4, 0.5) is 0 Å². The molecule has 24 heavy (non-hydrogen) atoms. The van der Waals surface area contributed by atoms with Crippen molar-refractivity contribution in [2.24, 2.45) is 5.92 Å². The second kappa shape index (κ2) is 8.57. The van der Waals surface area contributed by atoms with Crippen molar-refractivity contribution >= 4 is 0 Å². The Balaban J connectivity index is 2.35. The number of aryl methyl sites for hydroxylation is 1. The van der Waals surface area contributed by atoms with Crippen molar-refractivity contribution in [3.05, 3.63) is 32.6 Å². The Morgan fingerprint density at radius 1 is 1.38 bits per heavy atom. The molecule has 8 heteroatoms. The monoisotopic (exact) mass is 342 g/mol. The Morgan fingerprint density at radius 3 is 2.75 bits per heavy atom. The summed E-state index contributed by atoms with van der Waals surface area (Å²) < 4.78 is 18.2. The smallest absolute Gasteiger partial charge is 0.330 e. The largest absolute Gasteiger partial charge is 0.394 e. The Morgan fingerprint density at radius 2 is 2.12 bits per heavy atom. The van der Waals surface area contributed by atoms with E-state index in [2.05, 4.69) is 4.98 Å². The molecule has 2 N–H and O–H groups in total. The maximum absolute atomic E-state index is 12.2. The SMILES string of the molecule is CCCC1C(CO)OC(n2cc(C)c(=O)[nH]c2=O)C1OCCOC. The van der Waals surface area contributed by atoms with Crippen LogP contribution >= 0.6 is 0 Å². The van der Waals surface area contributed by atoms with Crippen LogP contribution < -0.4 is 11.2 Å². The van der Waals surface area contributed by atoms with Crippen molar-refractivity contribution in [1.82, 2.24) is 9.55 Å². The van der Waals surface area contributed by atoms with Gasteiger partial charge in [-0.1, -0.05) is 13.3 Å². The van der Waals surface area contributed by atoms with Gasteiger partial charge in [0.15, 0.2) is 6.23 Å². The van der Waals surface area contributed by atoms with Gasteiger partial charge in [-0.2, -0.15) is 0 Å². The first kappa shape index (κ1) is 18.9. The Bertz CT molecular complexity index is 640. The minimum Gasteiger partial charge on any atom is -0.394 e. The summed E-state index contributed by atoms with van der Waals surface area (Å²) in [6, 6.07) is 0. The molecule has 0 radical (unpaired) electrons. The molecule has 0 spiro atoms. The second-order valence-electron chi connectivity index (χ2n) is 6.01. The third-order valence-electron chi connectivity index (χ3n) is 4.31. The van der Waals surface area contributed by atoms with E-state index in [0.29, 0.717) is 18.8 Å². The molecule has 8 nitrogen and oxygen atoms in total. The lowest BCUT2D eigenvalue weighted by molar-refractivity contribution is -0.0797. The molecule has 0 aromatic carbocycles. The van der Waals surface area contributed by atoms with E-state index in [1.165, 1.54) is 10.8 Å². The van der Waals surface area contributed by atoms with Gasteiger partial charge in [0.05, 0.1) is 25.9 Å². The maximum atomic E-state index is 12.2. The summed E-state index contributed by atoms with van der Waals surface area (Å²) in [7, 11) is 1.59. The highest BCUT2D eigenvalue weighted by Gasteiger charge is 2.45. The number of aliphatic hydroxyl groups is 1. The molecule has 136 valence electrons. The molecule has 4 unspecified atom stereocenters. The highest BCUT2D eigenvalue weighted by molar-refractivity contribution is 5.03. The molecule has 1 aliphatic rings. The van der Waals surface area contributed by atoms with Crippen molar-refractivity contribution in [1.29, 1.82) is 0 Å². The number of aromatic nitrogens is 2. The summed E-state index contributed by atoms with van der Waals surface area (Å²) in [5, 5.41) is 9.63. The van der Waals surface area contributed by atoms with E-state index >= 15 is 0 Å². The Hall–Kier alpha value is -1.48. The van der Waals surface area contributed by atoms with E-state index in [1.54, 1.807) is 14.0 Å². The zero-order chi connectivity index (χ0) is 17.7. The standard InChI is InChI=1S/C16H26N2O6/c1-4-5-11-12(9-19)24-15(13(11)23-7-6-22-3)18-8-10(2)14(20)17-16(18)21/h8,11-13,15,19H,4-7,9H2,1-3H3,(H,17,20,21). The number of H-pyrrole nitrogens is 1. The van der Waals surface area contributed by atoms with Crippen LogP contribution in [0.3, 0.4) is 0 Å². The van der Waals surface area contributed by atoms with Crippen LogP contribution in [0.25, 0.3) is 0 Å². The predicted molar refractivity (Wildman–Crippen MR) is 87.1 cm³/mol. The number of nitrogens with one attached hydrogen (secondary N) is 1. The van der Waals surface area contributed by atoms with E-state index in [9.17, 15) is 14.7 Å². The lowest BCUT2D eigenvalue weighted by Crippen LogP contribution is -2.38. The van der Waals surface area contributed by atoms with Crippen molar-refractivity contribution in [2.45, 2.75) is 45.1 Å². The number of methoxy groups -OCH3 is 1. The quantitative estimate of drug-likeness (QED) is 0.654. The number of aromatic amines is 1. The number of rotatable bonds is 8. The zero-order valence-corrected chi connectivity index (χ0v) is 14.4. The lowest BCUT2D eigenvalue weighted by atomic mass is 9.93. The fourth-order valence-electron chi connectivity index (χ4n) is 3.11. The molecule has 0 bridgehead atoms. The van der Waals surface area contributed by atoms with Gasteiger partial charge in [-0.05, 0) is 13.3 Å². The highest BCUT2D eigenvalue weighted by Crippen LogP contribution is 2.38. The molecule has 2 rings (SSSR count). The lowest BCUT2D eigenvalue weighted by Gasteiger charge is -2.24. The number of aliphatic hydroxyl groups excluding tert-OH is 1. The molecular formula is C16H26N2O6. The Kier molecular flexibility index (Phi) is 6.73. The van der Waals surface area contributed by atoms with Gasteiger partial charge in [0.1, 0.15) is 6.10 Å². The molecule has 1 fully saturated rings. The van der Waals surface area contributed by atoms with Gasteiger partial charge in [0, 0.05) is 24.8 Å². The maximum Gasteiger partial charge on any atom is 0.330 e. The van der Waals surface area contributed by atoms with Gasteiger partial charge < -0.3 is 19.3 Å². The summed E-state index contributed by atoms with van der Waals surface area (Å²) in [5.74, 6) is -0.0407. The van der Waals surface area contributed by atoms with Crippen molar-refractivity contribution < 1.29 is 19.3 Å². The average Bonchev–Trinajstić information content (AvgIpc) is 2.89. The molecule has 1 aliphatic heterocycles. The van der Waals surface area contributed by atoms with E-state index < -0.39 is 29.7 Å². The topological polar surface area (TPSA) is 103 Å². The molecule has 0 saturated carbocycles. The van der Waals surface area contributed by atoms with Crippen molar-refractivity contribution in [3.63, 3.8) is 0 Å². The summed E-state index contributed by atoms with van der Waals surface area (Å²) in [6.07, 6.45) is 1.67. The zero-order valence-electron chi connectivity index (χ0n) is 14.4. The van der Waals surface area contributed by atoms with Gasteiger partial charge in [-0.15, -0.1) is 0 Å². The first-order valence-corrected chi connectivity index (χ1v) is 8.22. The number of ether oxygens (including phenoxy) is 3. The Labute approximate surface area is 140 Å². The van der Waals surface area contributed by atoms with Crippen LogP contribution in [0.2, 0.25) is 0 Å². The second-order valence-corrected chi connectivity index (χ2v) is 6.01. The summed E-state index contributed by atoms with van der Waals surface area (Å²) in [6.45, 7) is 4.30. The molecule has 1 aromatic rings. The van der Waals surface area contributed by atoms with Gasteiger partial charge in [0.2, 0.25) is 0 Å². The summed E-state index contributed by atoms with van der Waals surface area (Å²) in [5.41, 5.74) is -0.562. The van der Waals surface area contributed by atoms with E-state index in [1.807, 2.05) is 6.92 Å². The molecule has 4 atom stereocenters.